The Balaban J connectivity index is 0. The van der Waals surface area contributed by atoms with Crippen LogP contribution >= 0.6 is 0 Å². The number of aliphatic carboxylic acids is 2. The molecule has 0 fully saturated rings. The van der Waals surface area contributed by atoms with Gasteiger partial charge in [0, 0.05) is 18.8 Å². The number of aliphatic hydroxyl groups is 1. The van der Waals surface area contributed by atoms with E-state index in [0.29, 0.717) is 11.0 Å². The molecule has 8 nitrogen and oxygen atoms in total. The monoisotopic (exact) mass is 307 g/mol. The van der Waals surface area contributed by atoms with Crippen molar-refractivity contribution in [3.8, 4) is 0 Å². The van der Waals surface area contributed by atoms with Crippen molar-refractivity contribution >= 4 is 17.9 Å². The average Bonchev–Trinajstić information content (AvgIpc) is 2.26. The molecule has 0 rings (SSSR count). The van der Waals surface area contributed by atoms with E-state index in [1.807, 2.05) is 21.1 Å². The largest absolute Gasteiger partial charge is 0.550 e. The lowest BCUT2D eigenvalue weighted by Crippen LogP contribution is -2.45. The number of likely N-dealkylation sites (N-methyl/N-ethyl adjacent to an activating group) is 1. The second kappa shape index (κ2) is 10.1. The predicted molar refractivity (Wildman–Crippen MR) is 72.0 cm³/mol. The van der Waals surface area contributed by atoms with Crippen molar-refractivity contribution in [2.24, 2.45) is 0 Å². The third-order valence-corrected chi connectivity index (χ3v) is 2.09. The Bertz CT molecular complexity index is 347. The van der Waals surface area contributed by atoms with Gasteiger partial charge in [-0.25, -0.2) is 4.79 Å². The Kier molecular flexibility index (Phi) is 10.4. The van der Waals surface area contributed by atoms with Gasteiger partial charge in [-0.3, -0.25) is 4.79 Å². The summed E-state index contributed by atoms with van der Waals surface area (Å²) in [5, 5.41) is 26.2. The highest BCUT2D eigenvalue weighted by molar-refractivity contribution is 5.71. The first kappa shape index (κ1) is 21.6. The van der Waals surface area contributed by atoms with Crippen LogP contribution in [0.5, 0.6) is 0 Å². The molecule has 0 aromatic heterocycles. The number of aliphatic hydroxyl groups excluding tert-OH is 1. The van der Waals surface area contributed by atoms with Crippen LogP contribution in [0.3, 0.4) is 0 Å². The molecule has 0 heterocycles. The maximum absolute atomic E-state index is 11.0. The van der Waals surface area contributed by atoms with Crippen molar-refractivity contribution in [3.05, 3.63) is 0 Å². The molecule has 8 heteroatoms. The van der Waals surface area contributed by atoms with Gasteiger partial charge in [-0.15, -0.1) is 0 Å². The van der Waals surface area contributed by atoms with Crippen LogP contribution in [-0.4, -0.2) is 72.5 Å². The fourth-order valence-corrected chi connectivity index (χ4v) is 1.21. The summed E-state index contributed by atoms with van der Waals surface area (Å²) in [4.78, 5) is 31.0. The van der Waals surface area contributed by atoms with Crippen molar-refractivity contribution in [3.63, 3.8) is 0 Å². The first-order valence-corrected chi connectivity index (χ1v) is 6.49. The van der Waals surface area contributed by atoms with Crippen LogP contribution < -0.4 is 5.11 Å². The predicted octanol–water partition coefficient (Wildman–Crippen LogP) is -1.39. The normalized spacial score (nSPS) is 13.4. The van der Waals surface area contributed by atoms with Gasteiger partial charge in [-0.1, -0.05) is 6.92 Å². The van der Waals surface area contributed by atoms with Crippen LogP contribution in [0.15, 0.2) is 0 Å². The van der Waals surface area contributed by atoms with E-state index in [1.165, 1.54) is 6.92 Å². The van der Waals surface area contributed by atoms with E-state index < -0.39 is 24.1 Å². The van der Waals surface area contributed by atoms with Crippen molar-refractivity contribution in [2.45, 2.75) is 38.9 Å². The molecule has 0 spiro atoms. The zero-order valence-electron chi connectivity index (χ0n) is 13.2. The molecule has 0 saturated heterocycles. The summed E-state index contributed by atoms with van der Waals surface area (Å²) in [6, 6.07) is 0. The molecule has 0 amide bonds. The SMILES string of the molecule is CC(O)C(=O)O.CCC(=O)OC(CC(=O)[O-])C[N+](C)(C)C. The number of hydrogen-bond acceptors (Lipinski definition) is 6. The summed E-state index contributed by atoms with van der Waals surface area (Å²) >= 11 is 0. The lowest BCUT2D eigenvalue weighted by Gasteiger charge is -2.29. The summed E-state index contributed by atoms with van der Waals surface area (Å²) in [5.41, 5.74) is 0. The number of hydrogen-bond donors (Lipinski definition) is 2. The Morgan fingerprint density at radius 2 is 1.67 bits per heavy atom. The zero-order chi connectivity index (χ0) is 17.2. The van der Waals surface area contributed by atoms with Crippen LogP contribution in [0.1, 0.15) is 26.7 Å². The first-order valence-electron chi connectivity index (χ1n) is 6.49. The van der Waals surface area contributed by atoms with Crippen LogP contribution in [0.4, 0.5) is 0 Å². The molecule has 124 valence electrons. The molecular weight excluding hydrogens is 282 g/mol. The van der Waals surface area contributed by atoms with Gasteiger partial charge in [0.15, 0.2) is 6.10 Å². The number of carbonyl (C=O) groups is 3. The molecular formula is C13H25NO7. The minimum absolute atomic E-state index is 0.249. The maximum atomic E-state index is 11.0. The second-order valence-corrected chi connectivity index (χ2v) is 5.53. The summed E-state index contributed by atoms with van der Waals surface area (Å²) in [5.74, 6) is -2.76. The van der Waals surface area contributed by atoms with Gasteiger partial charge in [-0.05, 0) is 6.92 Å². The first-order chi connectivity index (χ1) is 9.38. The zero-order valence-corrected chi connectivity index (χ0v) is 13.2. The Hall–Kier alpha value is -1.67. The van der Waals surface area contributed by atoms with Crippen LogP contribution in [0, 0.1) is 0 Å². The van der Waals surface area contributed by atoms with Gasteiger partial charge in [0.05, 0.1) is 21.1 Å². The summed E-state index contributed by atoms with van der Waals surface area (Å²) in [6.07, 6.45) is -1.84. The van der Waals surface area contributed by atoms with Gasteiger partial charge in [0.2, 0.25) is 0 Å². The maximum Gasteiger partial charge on any atom is 0.332 e. The number of ether oxygens (including phenoxy) is 1. The highest BCUT2D eigenvalue weighted by atomic mass is 16.5. The number of carbonyl (C=O) groups excluding carboxylic acids is 2. The Morgan fingerprint density at radius 1 is 1.24 bits per heavy atom. The topological polar surface area (TPSA) is 124 Å². The third-order valence-electron chi connectivity index (χ3n) is 2.09. The van der Waals surface area contributed by atoms with Gasteiger partial charge in [0.25, 0.3) is 0 Å². The molecule has 0 bridgehead atoms. The van der Waals surface area contributed by atoms with Crippen LogP contribution in [-0.2, 0) is 19.1 Å². The lowest BCUT2D eigenvalue weighted by atomic mass is 10.2. The molecule has 0 aliphatic carbocycles. The van der Waals surface area contributed by atoms with Crippen molar-refractivity contribution in [2.75, 3.05) is 27.7 Å². The van der Waals surface area contributed by atoms with Gasteiger partial charge < -0.3 is 29.3 Å². The van der Waals surface area contributed by atoms with Gasteiger partial charge in [0.1, 0.15) is 12.6 Å². The Morgan fingerprint density at radius 3 is 1.90 bits per heavy atom. The van der Waals surface area contributed by atoms with E-state index in [2.05, 4.69) is 0 Å². The van der Waals surface area contributed by atoms with Gasteiger partial charge >= 0.3 is 11.9 Å². The number of nitrogens with zero attached hydrogens (tertiary/aromatic N) is 1. The van der Waals surface area contributed by atoms with E-state index in [9.17, 15) is 19.5 Å². The number of rotatable bonds is 7. The molecule has 0 aliphatic heterocycles. The molecule has 2 atom stereocenters. The molecule has 2 N–H and O–H groups in total. The van der Waals surface area contributed by atoms with Crippen molar-refractivity contribution in [1.29, 1.82) is 0 Å². The quantitative estimate of drug-likeness (QED) is 0.438. The molecule has 0 saturated carbocycles. The smallest absolute Gasteiger partial charge is 0.332 e. The van der Waals surface area contributed by atoms with E-state index in [1.54, 1.807) is 6.92 Å². The van der Waals surface area contributed by atoms with E-state index in [4.69, 9.17) is 14.9 Å². The summed E-state index contributed by atoms with van der Waals surface area (Å²) in [7, 11) is 5.71. The summed E-state index contributed by atoms with van der Waals surface area (Å²) in [6.45, 7) is 3.33. The third kappa shape index (κ3) is 16.3. The second-order valence-electron chi connectivity index (χ2n) is 5.53. The molecule has 0 aliphatic rings. The van der Waals surface area contributed by atoms with E-state index in [-0.39, 0.29) is 18.8 Å². The van der Waals surface area contributed by atoms with Crippen LogP contribution in [0.25, 0.3) is 0 Å². The fourth-order valence-electron chi connectivity index (χ4n) is 1.21. The summed E-state index contributed by atoms with van der Waals surface area (Å²) < 4.78 is 5.55. The Labute approximate surface area is 124 Å². The molecule has 0 aromatic carbocycles. The highest BCUT2D eigenvalue weighted by Crippen LogP contribution is 2.05. The van der Waals surface area contributed by atoms with E-state index >= 15 is 0 Å². The minimum atomic E-state index is -1.23. The standard InChI is InChI=1S/C10H19NO4.C3H6O3/c1-5-10(14)15-8(6-9(12)13)7-11(2,3)4;1-2(4)3(5)6/h8H,5-7H2,1-4H3;2,4H,1H3,(H,5,6). The lowest BCUT2D eigenvalue weighted by molar-refractivity contribution is -0.873. The number of quaternary nitrogens is 1. The van der Waals surface area contributed by atoms with Gasteiger partial charge in [-0.2, -0.15) is 0 Å². The molecule has 0 aromatic rings. The van der Waals surface area contributed by atoms with Crippen molar-refractivity contribution < 1.29 is 38.9 Å². The van der Waals surface area contributed by atoms with Crippen LogP contribution in [0.2, 0.25) is 0 Å². The van der Waals surface area contributed by atoms with E-state index in [0.717, 1.165) is 0 Å². The highest BCUT2D eigenvalue weighted by Gasteiger charge is 2.21. The fraction of sp³-hybridized carbons (Fsp3) is 0.769. The number of carboxylic acids is 2. The van der Waals surface area contributed by atoms with Crippen molar-refractivity contribution in [1.82, 2.24) is 0 Å². The molecule has 2 unspecified atom stereocenters. The number of esters is 1. The minimum Gasteiger partial charge on any atom is -0.550 e. The average molecular weight is 307 g/mol. The molecule has 0 radical (unpaired) electrons. The molecule has 21 heavy (non-hydrogen) atoms. The number of carboxylic acid groups (broad SMARTS) is 2.